The lowest BCUT2D eigenvalue weighted by Crippen LogP contribution is -2.24. The fourth-order valence-corrected chi connectivity index (χ4v) is 2.98. The minimum absolute atomic E-state index is 0.103. The number of furan rings is 1. The van der Waals surface area contributed by atoms with Gasteiger partial charge in [-0.1, -0.05) is 38.5 Å². The van der Waals surface area contributed by atoms with Crippen LogP contribution in [0, 0.1) is 13.8 Å². The Morgan fingerprint density at radius 2 is 1.80 bits per heavy atom. The van der Waals surface area contributed by atoms with Gasteiger partial charge in [-0.05, 0) is 37.8 Å². The van der Waals surface area contributed by atoms with Crippen LogP contribution in [0.15, 0.2) is 22.6 Å². The summed E-state index contributed by atoms with van der Waals surface area (Å²) in [6.07, 6.45) is 0. The number of aryl methyl sites for hydroxylation is 2. The number of amides is 2. The number of nitrogens with one attached hydrogen (secondary N) is 1. The van der Waals surface area contributed by atoms with Crippen molar-refractivity contribution in [1.29, 1.82) is 0 Å². The summed E-state index contributed by atoms with van der Waals surface area (Å²) in [6, 6.07) is 5.73. The molecule has 0 spiro atoms. The number of benzene rings is 1. The highest BCUT2D eigenvalue weighted by Gasteiger charge is 2.29. The second-order valence-corrected chi connectivity index (χ2v) is 7.91. The third-order valence-corrected chi connectivity index (χ3v) is 4.37. The molecule has 1 aromatic carbocycles. The molecule has 3 N–H and O–H groups in total. The van der Waals surface area contributed by atoms with Crippen molar-refractivity contribution in [3.63, 3.8) is 0 Å². The van der Waals surface area contributed by atoms with Gasteiger partial charge >= 0.3 is 5.97 Å². The van der Waals surface area contributed by atoms with E-state index in [2.05, 4.69) is 26.1 Å². The topological polar surface area (TPSA) is 121 Å². The van der Waals surface area contributed by atoms with E-state index < -0.39 is 17.8 Å². The van der Waals surface area contributed by atoms with E-state index in [1.807, 2.05) is 25.1 Å². The first-order valence-electron chi connectivity index (χ1n) is 9.59. The quantitative estimate of drug-likeness (QED) is 0.667. The second kappa shape index (κ2) is 9.02. The molecule has 2 rings (SSSR count). The van der Waals surface area contributed by atoms with Gasteiger partial charge in [-0.25, -0.2) is 4.79 Å². The van der Waals surface area contributed by atoms with Gasteiger partial charge in [0.2, 0.25) is 5.88 Å². The van der Waals surface area contributed by atoms with Gasteiger partial charge in [-0.3, -0.25) is 14.9 Å². The summed E-state index contributed by atoms with van der Waals surface area (Å²) in [5.74, 6) is -1.75. The summed E-state index contributed by atoms with van der Waals surface area (Å²) in [5.41, 5.74) is 6.93. The summed E-state index contributed by atoms with van der Waals surface area (Å²) >= 11 is 0. The average molecular weight is 416 g/mol. The highest BCUT2D eigenvalue weighted by molar-refractivity contribution is 6.10. The molecule has 0 fully saturated rings. The molecule has 0 saturated heterocycles. The van der Waals surface area contributed by atoms with Crippen molar-refractivity contribution in [1.82, 2.24) is 0 Å². The highest BCUT2D eigenvalue weighted by Crippen LogP contribution is 2.32. The standard InChI is InChI=1S/C22H28N2O6/c1-7-28-21(27)17-13(3)30-20(18(17)19(23)26)24-16(25)11-29-15-9-8-12(2)10-14(15)22(4,5)6/h8-10H,7,11H2,1-6H3,(H2,23,26)(H,24,25). The Hall–Kier alpha value is -3.29. The van der Waals surface area contributed by atoms with E-state index in [9.17, 15) is 14.4 Å². The van der Waals surface area contributed by atoms with Crippen LogP contribution in [0.5, 0.6) is 5.75 Å². The van der Waals surface area contributed by atoms with Crippen LogP contribution in [0.2, 0.25) is 0 Å². The van der Waals surface area contributed by atoms with E-state index in [1.54, 1.807) is 6.92 Å². The minimum Gasteiger partial charge on any atom is -0.483 e. The minimum atomic E-state index is -0.917. The maximum absolute atomic E-state index is 12.4. The van der Waals surface area contributed by atoms with Crippen LogP contribution in [0.25, 0.3) is 0 Å². The van der Waals surface area contributed by atoms with E-state index in [1.165, 1.54) is 6.92 Å². The predicted octanol–water partition coefficient (Wildman–Crippen LogP) is 3.49. The van der Waals surface area contributed by atoms with Crippen LogP contribution in [0.3, 0.4) is 0 Å². The largest absolute Gasteiger partial charge is 0.483 e. The zero-order chi connectivity index (χ0) is 22.6. The molecule has 1 heterocycles. The Kier molecular flexibility index (Phi) is 6.92. The summed E-state index contributed by atoms with van der Waals surface area (Å²) in [7, 11) is 0. The number of rotatable bonds is 7. The van der Waals surface area contributed by atoms with Crippen molar-refractivity contribution in [3.8, 4) is 5.75 Å². The molecule has 0 aliphatic rings. The summed E-state index contributed by atoms with van der Waals surface area (Å²) in [6.45, 7) is 11.0. The van der Waals surface area contributed by atoms with E-state index in [0.29, 0.717) is 5.75 Å². The lowest BCUT2D eigenvalue weighted by Gasteiger charge is -2.23. The van der Waals surface area contributed by atoms with Crippen LogP contribution in [-0.4, -0.2) is 31.0 Å². The first-order valence-corrected chi connectivity index (χ1v) is 9.59. The van der Waals surface area contributed by atoms with E-state index in [4.69, 9.17) is 19.6 Å². The van der Waals surface area contributed by atoms with Crippen LogP contribution in [-0.2, 0) is 14.9 Å². The molecule has 0 aliphatic carbocycles. The lowest BCUT2D eigenvalue weighted by molar-refractivity contribution is -0.118. The van der Waals surface area contributed by atoms with Gasteiger partial charge in [0.25, 0.3) is 11.8 Å². The first-order chi connectivity index (χ1) is 14.0. The van der Waals surface area contributed by atoms with Gasteiger partial charge in [-0.2, -0.15) is 0 Å². The molecule has 8 nitrogen and oxygen atoms in total. The zero-order valence-electron chi connectivity index (χ0n) is 18.2. The van der Waals surface area contributed by atoms with Crippen molar-refractivity contribution in [2.45, 2.75) is 47.0 Å². The fourth-order valence-electron chi connectivity index (χ4n) is 2.98. The molecule has 30 heavy (non-hydrogen) atoms. The smallest absolute Gasteiger partial charge is 0.342 e. The Morgan fingerprint density at radius 1 is 1.13 bits per heavy atom. The molecule has 1 aromatic heterocycles. The second-order valence-electron chi connectivity index (χ2n) is 7.91. The van der Waals surface area contributed by atoms with Crippen LogP contribution in [0.1, 0.15) is 65.3 Å². The highest BCUT2D eigenvalue weighted by atomic mass is 16.5. The molecule has 0 unspecified atom stereocenters. The Bertz CT molecular complexity index is 969. The SMILES string of the molecule is CCOC(=O)c1c(C)oc(NC(=O)COc2ccc(C)cc2C(C)(C)C)c1C(N)=O. The summed E-state index contributed by atoms with van der Waals surface area (Å²) in [5, 5.41) is 2.45. The van der Waals surface area contributed by atoms with Crippen molar-refractivity contribution in [2.24, 2.45) is 5.73 Å². The molecule has 0 atom stereocenters. The number of ether oxygens (including phenoxy) is 2. The normalized spacial score (nSPS) is 11.1. The number of carbonyl (C=O) groups is 3. The number of carbonyl (C=O) groups excluding carboxylic acids is 3. The number of esters is 1. The summed E-state index contributed by atoms with van der Waals surface area (Å²) < 4.78 is 16.1. The maximum atomic E-state index is 12.4. The number of primary amides is 1. The fraction of sp³-hybridized carbons (Fsp3) is 0.409. The molecular formula is C22H28N2O6. The third kappa shape index (κ3) is 5.20. The van der Waals surface area contributed by atoms with Gasteiger partial charge in [0.1, 0.15) is 22.6 Å². The summed E-state index contributed by atoms with van der Waals surface area (Å²) in [4.78, 5) is 36.5. The van der Waals surface area contributed by atoms with E-state index in [-0.39, 0.29) is 41.4 Å². The van der Waals surface area contributed by atoms with Gasteiger partial charge < -0.3 is 19.6 Å². The van der Waals surface area contributed by atoms with Crippen molar-refractivity contribution in [2.75, 3.05) is 18.5 Å². The monoisotopic (exact) mass is 416 g/mol. The van der Waals surface area contributed by atoms with Gasteiger partial charge in [0.15, 0.2) is 6.61 Å². The molecule has 162 valence electrons. The average Bonchev–Trinajstić information content (AvgIpc) is 2.96. The Labute approximate surface area is 175 Å². The van der Waals surface area contributed by atoms with Gasteiger partial charge in [-0.15, -0.1) is 0 Å². The molecular weight excluding hydrogens is 388 g/mol. The van der Waals surface area contributed by atoms with Gasteiger partial charge in [0, 0.05) is 0 Å². The molecule has 2 amide bonds. The lowest BCUT2D eigenvalue weighted by atomic mass is 9.85. The molecule has 0 bridgehead atoms. The van der Waals surface area contributed by atoms with Gasteiger partial charge in [0.05, 0.1) is 6.61 Å². The zero-order valence-corrected chi connectivity index (χ0v) is 18.2. The number of nitrogens with two attached hydrogens (primary N) is 1. The van der Waals surface area contributed by atoms with Crippen molar-refractivity contribution >= 4 is 23.7 Å². The third-order valence-electron chi connectivity index (χ3n) is 4.37. The van der Waals surface area contributed by atoms with Crippen LogP contribution >= 0.6 is 0 Å². The van der Waals surface area contributed by atoms with Crippen molar-refractivity contribution in [3.05, 3.63) is 46.2 Å². The van der Waals surface area contributed by atoms with Crippen LogP contribution in [0.4, 0.5) is 5.88 Å². The Balaban J connectivity index is 2.21. The number of hydrogen-bond donors (Lipinski definition) is 2. The molecule has 0 aliphatic heterocycles. The maximum Gasteiger partial charge on any atom is 0.342 e. The number of hydrogen-bond acceptors (Lipinski definition) is 6. The molecule has 0 radical (unpaired) electrons. The van der Waals surface area contributed by atoms with E-state index >= 15 is 0 Å². The first kappa shape index (κ1) is 23.0. The Morgan fingerprint density at radius 3 is 2.37 bits per heavy atom. The molecule has 2 aromatic rings. The predicted molar refractivity (Wildman–Crippen MR) is 112 cm³/mol. The van der Waals surface area contributed by atoms with E-state index in [0.717, 1.165) is 11.1 Å². The molecule has 8 heteroatoms. The van der Waals surface area contributed by atoms with Crippen LogP contribution < -0.4 is 15.8 Å². The molecule has 0 saturated carbocycles. The number of anilines is 1. The van der Waals surface area contributed by atoms with Crippen molar-refractivity contribution < 1.29 is 28.3 Å².